The van der Waals surface area contributed by atoms with Crippen LogP contribution < -0.4 is 9.47 Å². The SMILES string of the molecule is COc1cc([C@H](C)O)ccc1OCc1ccsc1. The zero-order valence-electron chi connectivity index (χ0n) is 10.4. The van der Waals surface area contributed by atoms with Gasteiger partial charge in [-0.2, -0.15) is 11.3 Å². The molecule has 0 aliphatic rings. The Hall–Kier alpha value is -1.52. The molecule has 0 bridgehead atoms. The first-order valence-corrected chi connectivity index (χ1v) is 6.65. The van der Waals surface area contributed by atoms with E-state index in [2.05, 4.69) is 5.38 Å². The maximum atomic E-state index is 9.52. The van der Waals surface area contributed by atoms with Gasteiger partial charge in [0, 0.05) is 0 Å². The van der Waals surface area contributed by atoms with Crippen molar-refractivity contribution in [3.63, 3.8) is 0 Å². The number of hydrogen-bond acceptors (Lipinski definition) is 4. The van der Waals surface area contributed by atoms with Crippen molar-refractivity contribution in [1.29, 1.82) is 0 Å². The Labute approximate surface area is 111 Å². The van der Waals surface area contributed by atoms with Crippen LogP contribution in [0.15, 0.2) is 35.0 Å². The lowest BCUT2D eigenvalue weighted by molar-refractivity contribution is 0.198. The summed E-state index contributed by atoms with van der Waals surface area (Å²) < 4.78 is 11.0. The van der Waals surface area contributed by atoms with Gasteiger partial charge in [0.25, 0.3) is 0 Å². The molecule has 0 radical (unpaired) electrons. The molecule has 2 rings (SSSR count). The first-order valence-electron chi connectivity index (χ1n) is 5.70. The molecule has 0 unspecified atom stereocenters. The van der Waals surface area contributed by atoms with Gasteiger partial charge >= 0.3 is 0 Å². The fraction of sp³-hybridized carbons (Fsp3) is 0.286. The van der Waals surface area contributed by atoms with Crippen LogP contribution in [0.3, 0.4) is 0 Å². The Morgan fingerprint density at radius 3 is 2.72 bits per heavy atom. The van der Waals surface area contributed by atoms with E-state index in [1.54, 1.807) is 31.4 Å². The average Bonchev–Trinajstić information content (AvgIpc) is 2.89. The summed E-state index contributed by atoms with van der Waals surface area (Å²) in [6, 6.07) is 7.50. The van der Waals surface area contributed by atoms with E-state index in [9.17, 15) is 5.11 Å². The number of benzene rings is 1. The molecular formula is C14H16O3S. The van der Waals surface area contributed by atoms with Gasteiger partial charge in [-0.05, 0) is 47.0 Å². The third-order valence-electron chi connectivity index (χ3n) is 2.64. The van der Waals surface area contributed by atoms with Crippen molar-refractivity contribution in [3.8, 4) is 11.5 Å². The maximum Gasteiger partial charge on any atom is 0.161 e. The summed E-state index contributed by atoms with van der Waals surface area (Å²) in [5.41, 5.74) is 1.95. The molecule has 0 aliphatic heterocycles. The second-order valence-electron chi connectivity index (χ2n) is 4.01. The molecule has 4 heteroatoms. The van der Waals surface area contributed by atoms with Crippen LogP contribution in [0.5, 0.6) is 11.5 Å². The van der Waals surface area contributed by atoms with Crippen LogP contribution in [-0.2, 0) is 6.61 Å². The summed E-state index contributed by atoms with van der Waals surface area (Å²) in [5.74, 6) is 1.33. The smallest absolute Gasteiger partial charge is 0.161 e. The van der Waals surface area contributed by atoms with Gasteiger partial charge in [-0.25, -0.2) is 0 Å². The molecule has 1 aromatic carbocycles. The topological polar surface area (TPSA) is 38.7 Å². The highest BCUT2D eigenvalue weighted by molar-refractivity contribution is 7.07. The van der Waals surface area contributed by atoms with Gasteiger partial charge in [-0.15, -0.1) is 0 Å². The second-order valence-corrected chi connectivity index (χ2v) is 4.79. The van der Waals surface area contributed by atoms with Gasteiger partial charge in [-0.1, -0.05) is 6.07 Å². The number of methoxy groups -OCH3 is 1. The molecule has 2 aromatic rings. The third-order valence-corrected chi connectivity index (χ3v) is 3.38. The number of rotatable bonds is 5. The molecular weight excluding hydrogens is 248 g/mol. The van der Waals surface area contributed by atoms with Crippen LogP contribution >= 0.6 is 11.3 Å². The summed E-state index contributed by atoms with van der Waals surface area (Å²) in [6.45, 7) is 2.24. The number of thiophene rings is 1. The number of aliphatic hydroxyl groups is 1. The van der Waals surface area contributed by atoms with Gasteiger partial charge in [-0.3, -0.25) is 0 Å². The second kappa shape index (κ2) is 5.89. The van der Waals surface area contributed by atoms with Gasteiger partial charge in [0.15, 0.2) is 11.5 Å². The molecule has 0 saturated carbocycles. The van der Waals surface area contributed by atoms with Crippen LogP contribution in [0.4, 0.5) is 0 Å². The number of hydrogen-bond donors (Lipinski definition) is 1. The fourth-order valence-corrected chi connectivity index (χ4v) is 2.25. The molecule has 1 aromatic heterocycles. The van der Waals surface area contributed by atoms with E-state index in [4.69, 9.17) is 9.47 Å². The van der Waals surface area contributed by atoms with Crippen molar-refractivity contribution < 1.29 is 14.6 Å². The molecule has 1 heterocycles. The Morgan fingerprint density at radius 1 is 1.28 bits per heavy atom. The van der Waals surface area contributed by atoms with Crippen LogP contribution in [0, 0.1) is 0 Å². The monoisotopic (exact) mass is 264 g/mol. The molecule has 1 N–H and O–H groups in total. The highest BCUT2D eigenvalue weighted by atomic mass is 32.1. The summed E-state index contributed by atoms with van der Waals surface area (Å²) in [6.07, 6.45) is -0.509. The third kappa shape index (κ3) is 3.03. The first-order chi connectivity index (χ1) is 8.70. The van der Waals surface area contributed by atoms with Crippen molar-refractivity contribution in [3.05, 3.63) is 46.2 Å². The van der Waals surface area contributed by atoms with E-state index >= 15 is 0 Å². The molecule has 18 heavy (non-hydrogen) atoms. The molecule has 3 nitrogen and oxygen atoms in total. The molecule has 0 fully saturated rings. The van der Waals surface area contributed by atoms with Gasteiger partial charge in [0.2, 0.25) is 0 Å². The van der Waals surface area contributed by atoms with Gasteiger partial charge in [0.1, 0.15) is 6.61 Å². The van der Waals surface area contributed by atoms with E-state index < -0.39 is 6.10 Å². The summed E-state index contributed by atoms with van der Waals surface area (Å²) in [5, 5.41) is 13.6. The first kappa shape index (κ1) is 12.9. The van der Waals surface area contributed by atoms with Crippen LogP contribution in [0.2, 0.25) is 0 Å². The van der Waals surface area contributed by atoms with Crippen LogP contribution in [0.1, 0.15) is 24.2 Å². The van der Waals surface area contributed by atoms with Gasteiger partial charge in [0.05, 0.1) is 13.2 Å². The van der Waals surface area contributed by atoms with Crippen molar-refractivity contribution in [2.24, 2.45) is 0 Å². The Morgan fingerprint density at radius 2 is 2.11 bits per heavy atom. The maximum absolute atomic E-state index is 9.52. The average molecular weight is 264 g/mol. The Kier molecular flexibility index (Phi) is 4.23. The Bertz CT molecular complexity index is 492. The number of aliphatic hydroxyl groups excluding tert-OH is 1. The molecule has 0 saturated heterocycles. The predicted octanol–water partition coefficient (Wildman–Crippen LogP) is 3.39. The Balaban J connectivity index is 2.12. The molecule has 96 valence electrons. The largest absolute Gasteiger partial charge is 0.493 e. The quantitative estimate of drug-likeness (QED) is 0.899. The fourth-order valence-electron chi connectivity index (χ4n) is 1.60. The molecule has 1 atom stereocenters. The standard InChI is InChI=1S/C14H16O3S/c1-10(15)12-3-4-13(14(7-12)16-2)17-8-11-5-6-18-9-11/h3-7,9-10,15H,8H2,1-2H3/t10-/m0/s1. The molecule has 0 aliphatic carbocycles. The van der Waals surface area contributed by atoms with E-state index in [1.807, 2.05) is 23.6 Å². The van der Waals surface area contributed by atoms with E-state index in [-0.39, 0.29) is 0 Å². The zero-order chi connectivity index (χ0) is 13.0. The molecule has 0 amide bonds. The normalized spacial score (nSPS) is 12.2. The van der Waals surface area contributed by atoms with Crippen molar-refractivity contribution in [1.82, 2.24) is 0 Å². The van der Waals surface area contributed by atoms with Crippen LogP contribution in [-0.4, -0.2) is 12.2 Å². The lowest BCUT2D eigenvalue weighted by Crippen LogP contribution is -1.98. The summed E-state index contributed by atoms with van der Waals surface area (Å²) in [7, 11) is 1.60. The predicted molar refractivity (Wildman–Crippen MR) is 72.3 cm³/mol. The highest BCUT2D eigenvalue weighted by Crippen LogP contribution is 2.30. The lowest BCUT2D eigenvalue weighted by Gasteiger charge is -2.12. The minimum absolute atomic E-state index is 0.509. The minimum Gasteiger partial charge on any atom is -0.493 e. The van der Waals surface area contributed by atoms with Crippen molar-refractivity contribution in [2.45, 2.75) is 19.6 Å². The van der Waals surface area contributed by atoms with E-state index in [0.29, 0.717) is 18.1 Å². The van der Waals surface area contributed by atoms with E-state index in [1.165, 1.54) is 0 Å². The summed E-state index contributed by atoms with van der Waals surface area (Å²) in [4.78, 5) is 0. The van der Waals surface area contributed by atoms with Crippen molar-refractivity contribution >= 4 is 11.3 Å². The summed E-state index contributed by atoms with van der Waals surface area (Å²) >= 11 is 1.65. The zero-order valence-corrected chi connectivity index (χ0v) is 11.2. The van der Waals surface area contributed by atoms with Crippen molar-refractivity contribution in [2.75, 3.05) is 7.11 Å². The lowest BCUT2D eigenvalue weighted by atomic mass is 10.1. The van der Waals surface area contributed by atoms with Gasteiger partial charge < -0.3 is 14.6 Å². The highest BCUT2D eigenvalue weighted by Gasteiger charge is 2.09. The number of ether oxygens (including phenoxy) is 2. The van der Waals surface area contributed by atoms with Crippen LogP contribution in [0.25, 0.3) is 0 Å². The minimum atomic E-state index is -0.509. The molecule has 0 spiro atoms. The van der Waals surface area contributed by atoms with E-state index in [0.717, 1.165) is 11.1 Å².